The number of allylic oxidation sites excluding steroid dienone is 5. The third-order valence-electron chi connectivity index (χ3n) is 14.3. The third-order valence-corrected chi connectivity index (χ3v) is 14.3. The van der Waals surface area contributed by atoms with Crippen molar-refractivity contribution in [3.8, 4) is 0 Å². The van der Waals surface area contributed by atoms with Crippen LogP contribution in [-0.4, -0.2) is 99.6 Å². The molecule has 1 saturated heterocycles. The molecule has 6 N–H and O–H groups in total. The van der Waals surface area contributed by atoms with E-state index in [2.05, 4.69) is 50.4 Å². The summed E-state index contributed by atoms with van der Waals surface area (Å²) >= 11 is 0. The van der Waals surface area contributed by atoms with Gasteiger partial charge in [0.25, 0.3) is 0 Å². The lowest BCUT2D eigenvalue weighted by atomic mass is 9.99. The predicted molar refractivity (Wildman–Crippen MR) is 297 cm³/mol. The van der Waals surface area contributed by atoms with E-state index in [1.165, 1.54) is 154 Å². The molecule has 1 rings (SSSR count). The molecule has 1 amide bonds. The van der Waals surface area contributed by atoms with E-state index in [1.54, 1.807) is 6.08 Å². The van der Waals surface area contributed by atoms with Crippen molar-refractivity contribution >= 4 is 11.9 Å². The first-order valence-electron chi connectivity index (χ1n) is 30.3. The molecular weight excluding hydrogens is 907 g/mol. The van der Waals surface area contributed by atoms with Crippen molar-refractivity contribution in [1.82, 2.24) is 5.32 Å². The smallest absolute Gasteiger partial charge is 0.306 e. The van der Waals surface area contributed by atoms with Gasteiger partial charge in [0.1, 0.15) is 24.4 Å². The van der Waals surface area contributed by atoms with Crippen molar-refractivity contribution in [2.75, 3.05) is 13.2 Å². The molecule has 1 aliphatic rings. The zero-order chi connectivity index (χ0) is 52.5. The van der Waals surface area contributed by atoms with E-state index in [9.17, 15) is 35.1 Å². The summed E-state index contributed by atoms with van der Waals surface area (Å²) in [5, 5.41) is 56.8. The van der Waals surface area contributed by atoms with Crippen molar-refractivity contribution in [3.63, 3.8) is 0 Å². The summed E-state index contributed by atoms with van der Waals surface area (Å²) in [6, 6.07) is -1.02. The van der Waals surface area contributed by atoms with Crippen molar-refractivity contribution < 1.29 is 49.3 Å². The van der Waals surface area contributed by atoms with Crippen LogP contribution in [-0.2, 0) is 23.8 Å². The van der Waals surface area contributed by atoms with E-state index < -0.39 is 67.4 Å². The van der Waals surface area contributed by atoms with Crippen molar-refractivity contribution in [2.45, 2.75) is 327 Å². The van der Waals surface area contributed by atoms with Crippen molar-refractivity contribution in [3.05, 3.63) is 36.5 Å². The molecule has 0 aliphatic carbocycles. The van der Waals surface area contributed by atoms with Crippen molar-refractivity contribution in [2.24, 2.45) is 0 Å². The standard InChI is InChI=1S/C61H113NO10/c1-4-7-10-13-16-19-22-24-25-26-27-28-29-30-31-34-36-39-42-45-48-54(65)60(69)62-52(53(64)47-44-41-38-35-33-23-20-17-14-11-8-5-2)51-70-61-59(58(68)57(67)55(50-63)71-61)72-56(66)49-46-43-40-37-32-21-18-15-12-9-6-3/h15,18,24-25,44,47,52-55,57-59,61,63-65,67-68H,4-14,16-17,19-23,26-43,45-46,48-51H2,1-3H3,(H,62,69)/b18-15-,25-24+,47-44+. The Kier molecular flexibility index (Phi) is 46.9. The lowest BCUT2D eigenvalue weighted by molar-refractivity contribution is -0.305. The molecule has 8 unspecified atom stereocenters. The van der Waals surface area contributed by atoms with Gasteiger partial charge in [0.15, 0.2) is 12.4 Å². The molecule has 1 aliphatic heterocycles. The molecule has 0 saturated carbocycles. The maximum Gasteiger partial charge on any atom is 0.306 e. The van der Waals surface area contributed by atoms with Gasteiger partial charge < -0.3 is 45.1 Å². The first kappa shape index (κ1) is 67.9. The van der Waals surface area contributed by atoms with Crippen LogP contribution in [0, 0.1) is 0 Å². The minimum Gasteiger partial charge on any atom is -0.454 e. The van der Waals surface area contributed by atoms with Crippen LogP contribution in [0.1, 0.15) is 278 Å². The third kappa shape index (κ3) is 37.6. The molecule has 0 aromatic carbocycles. The highest BCUT2D eigenvalue weighted by molar-refractivity contribution is 5.80. The Balaban J connectivity index is 2.67. The summed E-state index contributed by atoms with van der Waals surface area (Å²) in [7, 11) is 0. The average Bonchev–Trinajstić information content (AvgIpc) is 3.38. The second-order valence-corrected chi connectivity index (χ2v) is 21.1. The molecule has 11 nitrogen and oxygen atoms in total. The second-order valence-electron chi connectivity index (χ2n) is 21.1. The normalized spacial score (nSPS) is 19.7. The molecule has 1 heterocycles. The number of carbonyl (C=O) groups is 2. The Labute approximate surface area is 441 Å². The minimum atomic E-state index is -1.61. The van der Waals surface area contributed by atoms with E-state index in [1.807, 2.05) is 6.08 Å². The maximum absolute atomic E-state index is 13.4. The Bertz CT molecular complexity index is 1310. The number of ether oxygens (including phenoxy) is 3. The zero-order valence-corrected chi connectivity index (χ0v) is 46.6. The largest absolute Gasteiger partial charge is 0.454 e. The summed E-state index contributed by atoms with van der Waals surface area (Å²) in [5.41, 5.74) is 0. The summed E-state index contributed by atoms with van der Waals surface area (Å²) in [5.74, 6) is -1.20. The second kappa shape index (κ2) is 49.7. The highest BCUT2D eigenvalue weighted by atomic mass is 16.7. The van der Waals surface area contributed by atoms with Gasteiger partial charge in [-0.2, -0.15) is 0 Å². The Hall–Kier alpha value is -2.12. The molecule has 11 heteroatoms. The van der Waals surface area contributed by atoms with E-state index in [0.29, 0.717) is 19.3 Å². The molecule has 0 radical (unpaired) electrons. The fraction of sp³-hybridized carbons (Fsp3) is 0.869. The number of carbonyl (C=O) groups excluding carboxylic acids is 2. The van der Waals surface area contributed by atoms with Crippen LogP contribution in [0.25, 0.3) is 0 Å². The molecular formula is C61H113NO10. The van der Waals surface area contributed by atoms with Crippen LogP contribution in [0.4, 0.5) is 0 Å². The Morgan fingerprint density at radius 3 is 1.39 bits per heavy atom. The van der Waals surface area contributed by atoms with E-state index in [4.69, 9.17) is 14.2 Å². The van der Waals surface area contributed by atoms with Gasteiger partial charge in [0.2, 0.25) is 5.91 Å². The van der Waals surface area contributed by atoms with E-state index >= 15 is 0 Å². The Morgan fingerprint density at radius 1 is 0.528 bits per heavy atom. The van der Waals surface area contributed by atoms with Crippen molar-refractivity contribution in [1.29, 1.82) is 0 Å². The molecule has 422 valence electrons. The molecule has 0 bridgehead atoms. The van der Waals surface area contributed by atoms with Gasteiger partial charge in [0, 0.05) is 6.42 Å². The van der Waals surface area contributed by atoms with Gasteiger partial charge in [-0.3, -0.25) is 9.59 Å². The topological polar surface area (TPSA) is 175 Å². The summed E-state index contributed by atoms with van der Waals surface area (Å²) < 4.78 is 17.6. The number of aliphatic hydroxyl groups excluding tert-OH is 5. The quantitative estimate of drug-likeness (QED) is 0.0195. The highest BCUT2D eigenvalue weighted by Gasteiger charge is 2.47. The predicted octanol–water partition coefficient (Wildman–Crippen LogP) is 13.9. The SMILES string of the molecule is CCCC/C=C\CCCCCCCC(=O)OC1C(OCC(NC(=O)C(O)CCCCCCCCCCCC/C=C/CCCCCCCC)C(O)/C=C/CCCCCCCCCCCC)OC(CO)C(O)C1O. The summed E-state index contributed by atoms with van der Waals surface area (Å²) in [6.07, 6.45) is 47.7. The van der Waals surface area contributed by atoms with Gasteiger partial charge in [-0.1, -0.05) is 237 Å². The fourth-order valence-electron chi connectivity index (χ4n) is 9.39. The molecule has 8 atom stereocenters. The van der Waals surface area contributed by atoms with Crippen LogP contribution in [0.2, 0.25) is 0 Å². The van der Waals surface area contributed by atoms with Gasteiger partial charge >= 0.3 is 5.97 Å². The number of nitrogens with one attached hydrogen (secondary N) is 1. The lowest BCUT2D eigenvalue weighted by Crippen LogP contribution is -2.61. The van der Waals surface area contributed by atoms with Gasteiger partial charge in [-0.15, -0.1) is 0 Å². The van der Waals surface area contributed by atoms with Gasteiger partial charge in [-0.05, 0) is 70.6 Å². The number of unbranched alkanes of at least 4 members (excludes halogenated alkanes) is 33. The number of amides is 1. The Morgan fingerprint density at radius 2 is 0.931 bits per heavy atom. The average molecular weight is 1020 g/mol. The maximum atomic E-state index is 13.4. The molecule has 1 fully saturated rings. The van der Waals surface area contributed by atoms with Gasteiger partial charge in [0.05, 0.1) is 25.4 Å². The molecule has 0 aromatic rings. The summed E-state index contributed by atoms with van der Waals surface area (Å²) in [6.45, 7) is 5.74. The molecule has 72 heavy (non-hydrogen) atoms. The number of hydrogen-bond acceptors (Lipinski definition) is 10. The van der Waals surface area contributed by atoms with E-state index in [0.717, 1.165) is 77.0 Å². The lowest BCUT2D eigenvalue weighted by Gasteiger charge is -2.41. The minimum absolute atomic E-state index is 0.114. The van der Waals surface area contributed by atoms with Gasteiger partial charge in [-0.25, -0.2) is 0 Å². The van der Waals surface area contributed by atoms with Crippen LogP contribution >= 0.6 is 0 Å². The first-order valence-corrected chi connectivity index (χ1v) is 30.3. The fourth-order valence-corrected chi connectivity index (χ4v) is 9.39. The summed E-state index contributed by atoms with van der Waals surface area (Å²) in [4.78, 5) is 26.4. The monoisotopic (exact) mass is 1020 g/mol. The first-order chi connectivity index (χ1) is 35.2. The number of aliphatic hydroxyl groups is 5. The van der Waals surface area contributed by atoms with Crippen LogP contribution in [0.15, 0.2) is 36.5 Å². The highest BCUT2D eigenvalue weighted by Crippen LogP contribution is 2.26. The van der Waals surface area contributed by atoms with Crippen LogP contribution in [0.3, 0.4) is 0 Å². The molecule has 0 spiro atoms. The number of esters is 1. The number of hydrogen-bond donors (Lipinski definition) is 6. The number of rotatable bonds is 51. The van der Waals surface area contributed by atoms with E-state index in [-0.39, 0.29) is 13.0 Å². The zero-order valence-electron chi connectivity index (χ0n) is 46.6. The van der Waals surface area contributed by atoms with Crippen LogP contribution in [0.5, 0.6) is 0 Å². The van der Waals surface area contributed by atoms with Crippen LogP contribution < -0.4 is 5.32 Å². The molecule has 0 aromatic heterocycles.